The summed E-state index contributed by atoms with van der Waals surface area (Å²) < 4.78 is 2.00. The van der Waals surface area contributed by atoms with Crippen molar-refractivity contribution >= 4 is 44.4 Å². The lowest BCUT2D eigenvalue weighted by Crippen LogP contribution is -2.59. The molecule has 0 unspecified atom stereocenters. The molecule has 1 saturated heterocycles. The lowest BCUT2D eigenvalue weighted by atomic mass is 10.1. The van der Waals surface area contributed by atoms with Gasteiger partial charge in [-0.25, -0.2) is 0 Å². The van der Waals surface area contributed by atoms with E-state index in [0.29, 0.717) is 6.04 Å². The van der Waals surface area contributed by atoms with E-state index in [-0.39, 0.29) is 5.91 Å². The summed E-state index contributed by atoms with van der Waals surface area (Å²) in [6.45, 7) is 1.65. The summed E-state index contributed by atoms with van der Waals surface area (Å²) in [6.07, 6.45) is 0. The van der Waals surface area contributed by atoms with Crippen molar-refractivity contribution in [3.05, 3.63) is 31.8 Å². The first-order valence-corrected chi connectivity index (χ1v) is 7.27. The van der Waals surface area contributed by atoms with E-state index >= 15 is 0 Å². The second-order valence-corrected chi connectivity index (χ2v) is 6.55. The second-order valence-electron chi connectivity index (χ2n) is 4.45. The van der Waals surface area contributed by atoms with Crippen molar-refractivity contribution in [1.29, 1.82) is 0 Å². The first-order chi connectivity index (χ1) is 7.99. The predicted molar refractivity (Wildman–Crippen MR) is 80.2 cm³/mol. The zero-order valence-electron chi connectivity index (χ0n) is 9.78. The molecule has 0 radical (unpaired) electrons. The van der Waals surface area contributed by atoms with Gasteiger partial charge in [-0.3, -0.25) is 4.79 Å². The molecule has 0 N–H and O–H groups in total. The minimum Gasteiger partial charge on any atom is -0.335 e. The fourth-order valence-electron chi connectivity index (χ4n) is 1.78. The molecule has 2 rings (SSSR count). The van der Waals surface area contributed by atoms with E-state index in [1.807, 2.05) is 37.2 Å². The SMILES string of the molecule is CN(C)C1CN(C(=O)c2ccc(I)cc2Br)C1. The highest BCUT2D eigenvalue weighted by molar-refractivity contribution is 14.1. The number of nitrogens with zero attached hydrogens (tertiary/aromatic N) is 2. The van der Waals surface area contributed by atoms with Gasteiger partial charge in [0.2, 0.25) is 0 Å². The summed E-state index contributed by atoms with van der Waals surface area (Å²) in [6, 6.07) is 6.32. The number of hydrogen-bond donors (Lipinski definition) is 0. The van der Waals surface area contributed by atoms with E-state index in [1.165, 1.54) is 0 Å². The van der Waals surface area contributed by atoms with Gasteiger partial charge in [0.25, 0.3) is 5.91 Å². The van der Waals surface area contributed by atoms with Gasteiger partial charge in [-0.15, -0.1) is 0 Å². The Bertz CT molecular complexity index is 444. The number of amides is 1. The molecule has 0 aliphatic carbocycles. The maximum absolute atomic E-state index is 12.2. The molecule has 1 aromatic rings. The zero-order chi connectivity index (χ0) is 12.6. The number of carbonyl (C=O) groups excluding carboxylic acids is 1. The van der Waals surface area contributed by atoms with Crippen molar-refractivity contribution < 1.29 is 4.79 Å². The third-order valence-electron chi connectivity index (χ3n) is 3.04. The largest absolute Gasteiger partial charge is 0.335 e. The number of benzene rings is 1. The molecule has 1 aromatic carbocycles. The molecule has 0 aromatic heterocycles. The summed E-state index contributed by atoms with van der Waals surface area (Å²) in [5.41, 5.74) is 0.752. The summed E-state index contributed by atoms with van der Waals surface area (Å²) in [7, 11) is 4.10. The molecule has 1 aliphatic rings. The number of hydrogen-bond acceptors (Lipinski definition) is 2. The van der Waals surface area contributed by atoms with Gasteiger partial charge in [0.15, 0.2) is 0 Å². The molecule has 1 heterocycles. The number of rotatable bonds is 2. The quantitative estimate of drug-likeness (QED) is 0.701. The van der Waals surface area contributed by atoms with Gasteiger partial charge in [-0.1, -0.05) is 0 Å². The van der Waals surface area contributed by atoms with Crippen LogP contribution in [0.4, 0.5) is 0 Å². The van der Waals surface area contributed by atoms with Gasteiger partial charge < -0.3 is 9.80 Å². The zero-order valence-corrected chi connectivity index (χ0v) is 13.5. The van der Waals surface area contributed by atoms with Crippen molar-refractivity contribution in [3.8, 4) is 0 Å². The van der Waals surface area contributed by atoms with Gasteiger partial charge in [0.1, 0.15) is 0 Å². The van der Waals surface area contributed by atoms with E-state index in [2.05, 4.69) is 43.4 Å². The highest BCUT2D eigenvalue weighted by Gasteiger charge is 2.32. The molecule has 0 spiro atoms. The summed E-state index contributed by atoms with van der Waals surface area (Å²) in [4.78, 5) is 16.2. The molecule has 3 nitrogen and oxygen atoms in total. The van der Waals surface area contributed by atoms with E-state index in [1.54, 1.807) is 0 Å². The van der Waals surface area contributed by atoms with Crippen LogP contribution >= 0.6 is 38.5 Å². The Morgan fingerprint density at radius 1 is 1.47 bits per heavy atom. The third kappa shape index (κ3) is 2.82. The van der Waals surface area contributed by atoms with Gasteiger partial charge in [0, 0.05) is 27.2 Å². The van der Waals surface area contributed by atoms with Crippen LogP contribution in [0.25, 0.3) is 0 Å². The smallest absolute Gasteiger partial charge is 0.255 e. The van der Waals surface area contributed by atoms with Crippen molar-refractivity contribution in [2.75, 3.05) is 27.2 Å². The van der Waals surface area contributed by atoms with E-state index in [9.17, 15) is 4.79 Å². The summed E-state index contributed by atoms with van der Waals surface area (Å²) >= 11 is 5.69. The molecule has 1 amide bonds. The Hall–Kier alpha value is -0.140. The monoisotopic (exact) mass is 408 g/mol. The van der Waals surface area contributed by atoms with Crippen molar-refractivity contribution in [3.63, 3.8) is 0 Å². The van der Waals surface area contributed by atoms with Crippen LogP contribution in [-0.4, -0.2) is 48.9 Å². The lowest BCUT2D eigenvalue weighted by molar-refractivity contribution is 0.0398. The molecule has 17 heavy (non-hydrogen) atoms. The van der Waals surface area contributed by atoms with Gasteiger partial charge in [-0.2, -0.15) is 0 Å². The fourth-order valence-corrected chi connectivity index (χ4v) is 3.25. The minimum absolute atomic E-state index is 0.117. The van der Waals surface area contributed by atoms with Crippen LogP contribution in [0.3, 0.4) is 0 Å². The molecule has 1 aliphatic heterocycles. The van der Waals surface area contributed by atoms with Crippen molar-refractivity contribution in [2.45, 2.75) is 6.04 Å². The van der Waals surface area contributed by atoms with Crippen LogP contribution < -0.4 is 0 Å². The molecule has 1 fully saturated rings. The highest BCUT2D eigenvalue weighted by Crippen LogP contribution is 2.24. The number of likely N-dealkylation sites (N-methyl/N-ethyl adjacent to an activating group) is 1. The Balaban J connectivity index is 2.07. The number of halogens is 2. The second kappa shape index (κ2) is 5.24. The summed E-state index contributed by atoms with van der Waals surface area (Å²) in [5, 5.41) is 0. The Morgan fingerprint density at radius 3 is 2.65 bits per heavy atom. The lowest BCUT2D eigenvalue weighted by Gasteiger charge is -2.42. The van der Waals surface area contributed by atoms with E-state index < -0.39 is 0 Å². The molecular formula is C12H14BrIN2O. The van der Waals surface area contributed by atoms with Crippen LogP contribution in [0.2, 0.25) is 0 Å². The third-order valence-corrected chi connectivity index (χ3v) is 4.37. The van der Waals surface area contributed by atoms with Crippen LogP contribution in [0.1, 0.15) is 10.4 Å². The average Bonchev–Trinajstić information content (AvgIpc) is 2.13. The van der Waals surface area contributed by atoms with Crippen molar-refractivity contribution in [2.24, 2.45) is 0 Å². The molecule has 0 saturated carbocycles. The Morgan fingerprint density at radius 2 is 2.12 bits per heavy atom. The van der Waals surface area contributed by atoms with E-state index in [4.69, 9.17) is 0 Å². The number of carbonyl (C=O) groups is 1. The molecule has 5 heteroatoms. The maximum Gasteiger partial charge on any atom is 0.255 e. The van der Waals surface area contributed by atoms with Gasteiger partial charge >= 0.3 is 0 Å². The van der Waals surface area contributed by atoms with Gasteiger partial charge in [-0.05, 0) is 70.8 Å². The van der Waals surface area contributed by atoms with Gasteiger partial charge in [0.05, 0.1) is 5.56 Å². The maximum atomic E-state index is 12.2. The predicted octanol–water partition coefficient (Wildman–Crippen LogP) is 2.44. The Labute approximate surface area is 123 Å². The molecule has 0 bridgehead atoms. The van der Waals surface area contributed by atoms with Crippen molar-refractivity contribution in [1.82, 2.24) is 9.80 Å². The normalized spacial score (nSPS) is 16.2. The average molecular weight is 409 g/mol. The Kier molecular flexibility index (Phi) is 4.10. The van der Waals surface area contributed by atoms with E-state index in [0.717, 1.165) is 26.7 Å². The minimum atomic E-state index is 0.117. The fraction of sp³-hybridized carbons (Fsp3) is 0.417. The topological polar surface area (TPSA) is 23.6 Å². The highest BCUT2D eigenvalue weighted by atomic mass is 127. The number of likely N-dealkylation sites (tertiary alicyclic amines) is 1. The molecular weight excluding hydrogens is 395 g/mol. The molecule has 0 atom stereocenters. The first-order valence-electron chi connectivity index (χ1n) is 5.40. The van der Waals surface area contributed by atoms with Crippen LogP contribution in [0, 0.1) is 3.57 Å². The van der Waals surface area contributed by atoms with Crippen LogP contribution in [-0.2, 0) is 0 Å². The standard InChI is InChI=1S/C12H14BrIN2O/c1-15(2)9-6-16(7-9)12(17)10-4-3-8(14)5-11(10)13/h3-5,9H,6-7H2,1-2H3. The summed E-state index contributed by atoms with van der Waals surface area (Å²) in [5.74, 6) is 0.117. The van der Waals surface area contributed by atoms with Crippen LogP contribution in [0.15, 0.2) is 22.7 Å². The first kappa shape index (κ1) is 13.3. The molecule has 92 valence electrons. The van der Waals surface area contributed by atoms with Crippen LogP contribution in [0.5, 0.6) is 0 Å².